The van der Waals surface area contributed by atoms with Crippen LogP contribution in [0.25, 0.3) is 0 Å². The van der Waals surface area contributed by atoms with Crippen LogP contribution in [0.4, 0.5) is 13.2 Å². The first-order chi connectivity index (χ1) is 9.90. The summed E-state index contributed by atoms with van der Waals surface area (Å²) in [4.78, 5) is 0. The molecule has 6 heteroatoms. The highest BCUT2D eigenvalue weighted by Gasteiger charge is 2.35. The van der Waals surface area contributed by atoms with Crippen molar-refractivity contribution in [3.8, 4) is 5.75 Å². The largest absolute Gasteiger partial charge is 0.487 e. The lowest BCUT2D eigenvalue weighted by molar-refractivity contribution is -0.139. The molecule has 1 heterocycles. The summed E-state index contributed by atoms with van der Waals surface area (Å²) < 4.78 is 50.1. The number of benzene rings is 1. The number of alkyl halides is 3. The fraction of sp³-hybridized carbons (Fsp3) is 0.600. The van der Waals surface area contributed by atoms with Gasteiger partial charge in [-0.05, 0) is 30.5 Å². The monoisotopic (exact) mass is 303 g/mol. The molecule has 1 aromatic rings. The maximum atomic E-state index is 13.2. The van der Waals surface area contributed by atoms with Gasteiger partial charge in [-0.3, -0.25) is 0 Å². The van der Waals surface area contributed by atoms with E-state index < -0.39 is 11.7 Å². The van der Waals surface area contributed by atoms with Crippen molar-refractivity contribution in [3.05, 3.63) is 29.3 Å². The molecule has 2 N–H and O–H groups in total. The Kier molecular flexibility index (Phi) is 5.11. The van der Waals surface area contributed by atoms with Crippen LogP contribution in [0.3, 0.4) is 0 Å². The summed E-state index contributed by atoms with van der Waals surface area (Å²) in [5, 5.41) is 0. The average Bonchev–Trinajstić information content (AvgIpc) is 2.92. The van der Waals surface area contributed by atoms with Gasteiger partial charge in [-0.25, -0.2) is 0 Å². The van der Waals surface area contributed by atoms with Gasteiger partial charge in [-0.1, -0.05) is 13.0 Å². The van der Waals surface area contributed by atoms with Gasteiger partial charge in [0.25, 0.3) is 0 Å². The van der Waals surface area contributed by atoms with Gasteiger partial charge in [-0.2, -0.15) is 13.2 Å². The summed E-state index contributed by atoms with van der Waals surface area (Å²) in [5.74, 6) is -0.133. The molecular weight excluding hydrogens is 283 g/mol. The Bertz CT molecular complexity index is 470. The lowest BCUT2D eigenvalue weighted by Crippen LogP contribution is -2.22. The highest BCUT2D eigenvalue weighted by Crippen LogP contribution is 2.37. The van der Waals surface area contributed by atoms with Gasteiger partial charge in [-0.15, -0.1) is 0 Å². The molecule has 0 aliphatic carbocycles. The molecule has 0 aromatic heterocycles. The summed E-state index contributed by atoms with van der Waals surface area (Å²) in [5.41, 5.74) is 5.64. The molecule has 118 valence electrons. The van der Waals surface area contributed by atoms with E-state index in [-0.39, 0.29) is 17.9 Å². The third-order valence-corrected chi connectivity index (χ3v) is 3.55. The molecule has 21 heavy (non-hydrogen) atoms. The third-order valence-electron chi connectivity index (χ3n) is 3.55. The fourth-order valence-corrected chi connectivity index (χ4v) is 2.26. The standard InChI is InChI=1S/C15H20F3NO2/c1-2-11(19)7-10-3-4-14(13(8-10)15(16,17)18)21-12-5-6-20-9-12/h3-4,8,11-12H,2,5-7,9,19H2,1H3. The van der Waals surface area contributed by atoms with Crippen LogP contribution >= 0.6 is 0 Å². The Balaban J connectivity index is 2.22. The molecule has 1 aromatic carbocycles. The van der Waals surface area contributed by atoms with Gasteiger partial charge >= 0.3 is 6.18 Å². The molecule has 0 spiro atoms. The van der Waals surface area contributed by atoms with Crippen LogP contribution in [-0.4, -0.2) is 25.4 Å². The quantitative estimate of drug-likeness (QED) is 0.909. The maximum Gasteiger partial charge on any atom is 0.419 e. The first-order valence-electron chi connectivity index (χ1n) is 7.10. The fourth-order valence-electron chi connectivity index (χ4n) is 2.26. The second kappa shape index (κ2) is 6.66. The summed E-state index contributed by atoms with van der Waals surface area (Å²) in [6.45, 7) is 2.77. The van der Waals surface area contributed by atoms with E-state index in [9.17, 15) is 13.2 Å². The minimum absolute atomic E-state index is 0.133. The van der Waals surface area contributed by atoms with Gasteiger partial charge in [0.1, 0.15) is 11.9 Å². The van der Waals surface area contributed by atoms with Crippen LogP contribution in [0.2, 0.25) is 0 Å². The van der Waals surface area contributed by atoms with Crippen LogP contribution in [0.1, 0.15) is 30.9 Å². The van der Waals surface area contributed by atoms with Crippen molar-refractivity contribution in [1.82, 2.24) is 0 Å². The zero-order valence-corrected chi connectivity index (χ0v) is 12.0. The Hall–Kier alpha value is -1.27. The van der Waals surface area contributed by atoms with Gasteiger partial charge in [0.15, 0.2) is 0 Å². The van der Waals surface area contributed by atoms with Crippen LogP contribution in [0, 0.1) is 0 Å². The molecule has 0 bridgehead atoms. The van der Waals surface area contributed by atoms with Crippen LogP contribution in [0.15, 0.2) is 18.2 Å². The second-order valence-corrected chi connectivity index (χ2v) is 5.30. The minimum atomic E-state index is -4.44. The molecule has 1 fully saturated rings. The summed E-state index contributed by atoms with van der Waals surface area (Å²) >= 11 is 0. The van der Waals surface area contributed by atoms with E-state index >= 15 is 0 Å². The molecule has 2 unspecified atom stereocenters. The maximum absolute atomic E-state index is 13.2. The first kappa shape index (κ1) is 16.1. The number of halogens is 3. The van der Waals surface area contributed by atoms with E-state index in [0.29, 0.717) is 31.6 Å². The number of hydrogen-bond donors (Lipinski definition) is 1. The van der Waals surface area contributed by atoms with Crippen molar-refractivity contribution in [3.63, 3.8) is 0 Å². The summed E-state index contributed by atoms with van der Waals surface area (Å²) in [6, 6.07) is 4.04. The van der Waals surface area contributed by atoms with Crippen LogP contribution < -0.4 is 10.5 Å². The zero-order chi connectivity index (χ0) is 15.5. The van der Waals surface area contributed by atoms with E-state index in [1.54, 1.807) is 6.07 Å². The average molecular weight is 303 g/mol. The Morgan fingerprint density at radius 1 is 1.43 bits per heavy atom. The Morgan fingerprint density at radius 2 is 2.19 bits per heavy atom. The molecule has 1 aliphatic heterocycles. The lowest BCUT2D eigenvalue weighted by atomic mass is 10.0. The molecular formula is C15H20F3NO2. The third kappa shape index (κ3) is 4.35. The number of rotatable bonds is 5. The van der Waals surface area contributed by atoms with Crippen molar-refractivity contribution in [2.45, 2.75) is 44.5 Å². The van der Waals surface area contributed by atoms with E-state index in [4.69, 9.17) is 15.2 Å². The van der Waals surface area contributed by atoms with E-state index in [1.807, 2.05) is 6.92 Å². The van der Waals surface area contributed by atoms with Gasteiger partial charge in [0.2, 0.25) is 0 Å². The minimum Gasteiger partial charge on any atom is -0.487 e. The highest BCUT2D eigenvalue weighted by molar-refractivity contribution is 5.40. The number of nitrogens with two attached hydrogens (primary N) is 1. The van der Waals surface area contributed by atoms with Crippen LogP contribution in [-0.2, 0) is 17.3 Å². The second-order valence-electron chi connectivity index (χ2n) is 5.30. The van der Waals surface area contributed by atoms with Crippen molar-refractivity contribution in [2.75, 3.05) is 13.2 Å². The SMILES string of the molecule is CCC(N)Cc1ccc(OC2CCOC2)c(C(F)(F)F)c1. The van der Waals surface area contributed by atoms with Crippen molar-refractivity contribution in [2.24, 2.45) is 5.73 Å². The van der Waals surface area contributed by atoms with Crippen molar-refractivity contribution < 1.29 is 22.6 Å². The molecule has 3 nitrogen and oxygen atoms in total. The smallest absolute Gasteiger partial charge is 0.419 e. The summed E-state index contributed by atoms with van der Waals surface area (Å²) in [7, 11) is 0. The van der Waals surface area contributed by atoms with E-state index in [2.05, 4.69) is 0 Å². The number of hydrogen-bond acceptors (Lipinski definition) is 3. The Labute approximate surface area is 122 Å². The molecule has 0 radical (unpaired) electrons. The number of ether oxygens (including phenoxy) is 2. The Morgan fingerprint density at radius 3 is 2.76 bits per heavy atom. The highest BCUT2D eigenvalue weighted by atomic mass is 19.4. The zero-order valence-electron chi connectivity index (χ0n) is 12.0. The molecule has 2 atom stereocenters. The predicted octanol–water partition coefficient (Wildman–Crippen LogP) is 3.15. The summed E-state index contributed by atoms with van der Waals surface area (Å²) in [6.07, 6.45) is -3.00. The molecule has 0 amide bonds. The normalized spacial score (nSPS) is 20.5. The van der Waals surface area contributed by atoms with E-state index in [0.717, 1.165) is 12.5 Å². The topological polar surface area (TPSA) is 44.5 Å². The van der Waals surface area contributed by atoms with Crippen molar-refractivity contribution >= 4 is 0 Å². The molecule has 1 saturated heterocycles. The molecule has 0 saturated carbocycles. The molecule has 1 aliphatic rings. The van der Waals surface area contributed by atoms with Crippen LogP contribution in [0.5, 0.6) is 5.75 Å². The first-order valence-corrected chi connectivity index (χ1v) is 7.10. The van der Waals surface area contributed by atoms with Gasteiger partial charge in [0.05, 0.1) is 18.8 Å². The molecule has 2 rings (SSSR count). The predicted molar refractivity (Wildman–Crippen MR) is 73.3 cm³/mol. The van der Waals surface area contributed by atoms with Crippen molar-refractivity contribution in [1.29, 1.82) is 0 Å². The lowest BCUT2D eigenvalue weighted by Gasteiger charge is -2.19. The van der Waals surface area contributed by atoms with E-state index in [1.165, 1.54) is 6.07 Å². The van der Waals surface area contributed by atoms with Gasteiger partial charge < -0.3 is 15.2 Å². The van der Waals surface area contributed by atoms with Gasteiger partial charge in [0, 0.05) is 12.5 Å².